The van der Waals surface area contributed by atoms with Gasteiger partial charge in [0, 0.05) is 10.2 Å². The monoisotopic (exact) mass is 198 g/mol. The van der Waals surface area contributed by atoms with Crippen LogP contribution in [0.25, 0.3) is 0 Å². The molecule has 0 amide bonds. The first-order chi connectivity index (χ1) is 4.74. The molecule has 1 aromatic rings. The maximum absolute atomic E-state index is 5.54. The molecule has 0 aliphatic carbocycles. The summed E-state index contributed by atoms with van der Waals surface area (Å²) in [7, 11) is 0. The van der Waals surface area contributed by atoms with Crippen molar-refractivity contribution in [3.8, 4) is 0 Å². The van der Waals surface area contributed by atoms with Gasteiger partial charge in [-0.25, -0.2) is 0 Å². The molecular weight excluding hydrogens is 190 g/mol. The highest BCUT2D eigenvalue weighted by Gasteiger charge is 1.95. The third-order valence-corrected chi connectivity index (χ3v) is 2.02. The van der Waals surface area contributed by atoms with Gasteiger partial charge in [0.2, 0.25) is 0 Å². The molecule has 0 aromatic heterocycles. The Hall–Kier alpha value is -0.500. The van der Waals surface area contributed by atoms with Crippen molar-refractivity contribution in [2.45, 2.75) is 6.92 Å². The lowest BCUT2D eigenvalue weighted by atomic mass is 10.2. The van der Waals surface area contributed by atoms with E-state index in [1.54, 1.807) is 0 Å². The molecule has 0 saturated carbocycles. The lowest BCUT2D eigenvalue weighted by Crippen LogP contribution is -1.86. The second-order valence-corrected chi connectivity index (χ2v) is 2.92. The fraction of sp³-hybridized carbons (Fsp3) is 0.125. The number of hydrogen-bond acceptors (Lipinski definition) is 1. The molecular formula is C8H9BrN. The second kappa shape index (κ2) is 3.06. The van der Waals surface area contributed by atoms with Crippen molar-refractivity contribution in [3.63, 3.8) is 0 Å². The maximum Gasteiger partial charge on any atom is 0.0325 e. The Bertz CT molecular complexity index is 233. The molecule has 1 nitrogen and oxygen atoms in total. The molecule has 0 aliphatic rings. The third kappa shape index (κ3) is 1.51. The summed E-state index contributed by atoms with van der Waals surface area (Å²) in [5.74, 6) is 0. The molecule has 0 aliphatic heterocycles. The third-order valence-electron chi connectivity index (χ3n) is 1.34. The fourth-order valence-electron chi connectivity index (χ4n) is 0.777. The van der Waals surface area contributed by atoms with E-state index in [1.807, 2.05) is 31.5 Å². The van der Waals surface area contributed by atoms with Gasteiger partial charge in [-0.3, -0.25) is 0 Å². The maximum atomic E-state index is 5.54. The minimum absolute atomic E-state index is 0.789. The van der Waals surface area contributed by atoms with Crippen LogP contribution < -0.4 is 5.73 Å². The van der Waals surface area contributed by atoms with Gasteiger partial charge in [0.1, 0.15) is 0 Å². The highest BCUT2D eigenvalue weighted by Crippen LogP contribution is 2.20. The number of hydrogen-bond donors (Lipinski definition) is 1. The summed E-state index contributed by atoms with van der Waals surface area (Å²) in [6, 6.07) is 5.77. The van der Waals surface area contributed by atoms with Crippen LogP contribution in [0.5, 0.6) is 0 Å². The van der Waals surface area contributed by atoms with Crippen LogP contribution in [0.2, 0.25) is 0 Å². The highest BCUT2D eigenvalue weighted by atomic mass is 79.9. The number of halogens is 1. The number of benzene rings is 1. The first-order valence-electron chi connectivity index (χ1n) is 3.08. The van der Waals surface area contributed by atoms with Crippen molar-refractivity contribution in [2.24, 2.45) is 0 Å². The van der Waals surface area contributed by atoms with Crippen LogP contribution in [0.1, 0.15) is 12.5 Å². The smallest absolute Gasteiger partial charge is 0.0325 e. The van der Waals surface area contributed by atoms with Crippen LogP contribution in [0.4, 0.5) is 5.69 Å². The minimum Gasteiger partial charge on any atom is -0.399 e. The first-order valence-corrected chi connectivity index (χ1v) is 3.87. The molecule has 0 spiro atoms. The van der Waals surface area contributed by atoms with E-state index in [2.05, 4.69) is 15.9 Å². The Balaban J connectivity index is 3.07. The van der Waals surface area contributed by atoms with Crippen LogP contribution in [0.3, 0.4) is 0 Å². The minimum atomic E-state index is 0.789. The van der Waals surface area contributed by atoms with Crippen LogP contribution in [-0.2, 0) is 0 Å². The number of nitrogens with two attached hydrogens (primary N) is 1. The lowest BCUT2D eigenvalue weighted by Gasteiger charge is -2.00. The fourth-order valence-corrected chi connectivity index (χ4v) is 1.40. The Kier molecular flexibility index (Phi) is 2.33. The standard InChI is InChI=1S/C8H9BrN/c1-2-6-3-4-7(10)5-8(6)9/h2-5H,10H2,1H3. The Labute approximate surface area is 69.4 Å². The summed E-state index contributed by atoms with van der Waals surface area (Å²) in [6.45, 7) is 2.00. The summed E-state index contributed by atoms with van der Waals surface area (Å²) in [5, 5.41) is 0. The lowest BCUT2D eigenvalue weighted by molar-refractivity contribution is 1.40. The summed E-state index contributed by atoms with van der Waals surface area (Å²) < 4.78 is 1.05. The largest absolute Gasteiger partial charge is 0.399 e. The molecule has 0 unspecified atom stereocenters. The SMILES string of the molecule is C[CH]c1ccc(N)cc1Br. The predicted octanol–water partition coefficient (Wildman–Crippen LogP) is 2.60. The molecule has 0 bridgehead atoms. The van der Waals surface area contributed by atoms with Crippen LogP contribution >= 0.6 is 15.9 Å². The zero-order valence-electron chi connectivity index (χ0n) is 5.76. The van der Waals surface area contributed by atoms with Gasteiger partial charge in [-0.2, -0.15) is 0 Å². The van der Waals surface area contributed by atoms with Gasteiger partial charge in [0.05, 0.1) is 0 Å². The van der Waals surface area contributed by atoms with Crippen molar-refractivity contribution >= 4 is 21.6 Å². The number of anilines is 1. The molecule has 53 valence electrons. The van der Waals surface area contributed by atoms with E-state index < -0.39 is 0 Å². The summed E-state index contributed by atoms with van der Waals surface area (Å²) in [4.78, 5) is 0. The van der Waals surface area contributed by atoms with Crippen molar-refractivity contribution in [3.05, 3.63) is 34.7 Å². The van der Waals surface area contributed by atoms with Crippen molar-refractivity contribution in [2.75, 3.05) is 5.73 Å². The van der Waals surface area contributed by atoms with E-state index in [0.717, 1.165) is 10.2 Å². The van der Waals surface area contributed by atoms with Gasteiger partial charge in [0.15, 0.2) is 0 Å². The summed E-state index contributed by atoms with van der Waals surface area (Å²) >= 11 is 3.40. The van der Waals surface area contributed by atoms with Crippen molar-refractivity contribution in [1.82, 2.24) is 0 Å². The van der Waals surface area contributed by atoms with Crippen LogP contribution in [0, 0.1) is 6.42 Å². The predicted molar refractivity (Wildman–Crippen MR) is 47.6 cm³/mol. The molecule has 1 rings (SSSR count). The molecule has 0 fully saturated rings. The molecule has 1 radical (unpaired) electrons. The average Bonchev–Trinajstić information content (AvgIpc) is 1.88. The number of rotatable bonds is 1. The normalized spacial score (nSPS) is 9.80. The second-order valence-electron chi connectivity index (χ2n) is 2.07. The zero-order valence-corrected chi connectivity index (χ0v) is 7.35. The zero-order chi connectivity index (χ0) is 7.56. The Morgan fingerprint density at radius 3 is 2.70 bits per heavy atom. The van der Waals surface area contributed by atoms with E-state index >= 15 is 0 Å². The molecule has 1 aromatic carbocycles. The van der Waals surface area contributed by atoms with Gasteiger partial charge in [-0.05, 0) is 24.1 Å². The van der Waals surface area contributed by atoms with Gasteiger partial charge in [-0.15, -0.1) is 0 Å². The van der Waals surface area contributed by atoms with E-state index in [9.17, 15) is 0 Å². The van der Waals surface area contributed by atoms with Gasteiger partial charge < -0.3 is 5.73 Å². The topological polar surface area (TPSA) is 26.0 Å². The quantitative estimate of drug-likeness (QED) is 0.691. The van der Waals surface area contributed by atoms with E-state index in [-0.39, 0.29) is 0 Å². The van der Waals surface area contributed by atoms with Crippen LogP contribution in [-0.4, -0.2) is 0 Å². The van der Waals surface area contributed by atoms with Gasteiger partial charge >= 0.3 is 0 Å². The molecule has 0 heterocycles. The molecule has 2 heteroatoms. The first kappa shape index (κ1) is 7.61. The molecule has 10 heavy (non-hydrogen) atoms. The van der Waals surface area contributed by atoms with Gasteiger partial charge in [0.25, 0.3) is 0 Å². The average molecular weight is 199 g/mol. The molecule has 0 saturated heterocycles. The Morgan fingerprint density at radius 1 is 1.50 bits per heavy atom. The molecule has 0 atom stereocenters. The summed E-state index contributed by atoms with van der Waals surface area (Å²) in [5.41, 5.74) is 7.50. The van der Waals surface area contributed by atoms with Crippen LogP contribution in [0.15, 0.2) is 22.7 Å². The van der Waals surface area contributed by atoms with Gasteiger partial charge in [-0.1, -0.05) is 28.9 Å². The van der Waals surface area contributed by atoms with Crippen molar-refractivity contribution in [1.29, 1.82) is 0 Å². The van der Waals surface area contributed by atoms with E-state index in [4.69, 9.17) is 5.73 Å². The Morgan fingerprint density at radius 2 is 2.20 bits per heavy atom. The highest BCUT2D eigenvalue weighted by molar-refractivity contribution is 9.10. The number of nitrogen functional groups attached to an aromatic ring is 1. The van der Waals surface area contributed by atoms with E-state index in [1.165, 1.54) is 5.56 Å². The van der Waals surface area contributed by atoms with Crippen molar-refractivity contribution < 1.29 is 0 Å². The van der Waals surface area contributed by atoms with E-state index in [0.29, 0.717) is 0 Å². The molecule has 2 N–H and O–H groups in total. The summed E-state index contributed by atoms with van der Waals surface area (Å²) in [6.07, 6.45) is 2.03.